The van der Waals surface area contributed by atoms with Crippen LogP contribution in [0.4, 0.5) is 17.1 Å². The summed E-state index contributed by atoms with van der Waals surface area (Å²) in [5.74, 6) is 0. The first-order valence-electron chi connectivity index (χ1n) is 8.89. The lowest BCUT2D eigenvalue weighted by atomic mass is 10.00. The van der Waals surface area contributed by atoms with E-state index in [2.05, 4.69) is 101 Å². The lowest BCUT2D eigenvalue weighted by Crippen LogP contribution is -2.11. The Morgan fingerprint density at radius 3 is 1.19 bits per heavy atom. The minimum Gasteiger partial charge on any atom is -0.310 e. The number of hydrogen-bond donors (Lipinski definition) is 0. The summed E-state index contributed by atoms with van der Waals surface area (Å²) >= 11 is 0. The molecule has 3 rings (SSSR count). The maximum Gasteiger partial charge on any atom is 0.0467 e. The predicted molar refractivity (Wildman–Crippen MR) is 117 cm³/mol. The lowest BCUT2D eigenvalue weighted by Gasteiger charge is -2.28. The average Bonchev–Trinajstić information content (AvgIpc) is 2.58. The molecule has 26 heavy (non-hydrogen) atoms. The number of nitrogens with zero attached hydrogens (tertiary/aromatic N) is 1. The Morgan fingerprint density at radius 2 is 0.846 bits per heavy atom. The van der Waals surface area contributed by atoms with E-state index in [0.717, 1.165) is 0 Å². The molecule has 2 heteroatoms. The number of para-hydroxylation sites is 1. The molecule has 0 saturated heterocycles. The van der Waals surface area contributed by atoms with Crippen molar-refractivity contribution in [3.05, 3.63) is 88.0 Å². The minimum atomic E-state index is 0. The Morgan fingerprint density at radius 1 is 0.500 bits per heavy atom. The molecule has 0 fully saturated rings. The number of hydrogen-bond acceptors (Lipinski definition) is 1. The van der Waals surface area contributed by atoms with E-state index in [-0.39, 0.29) is 12.4 Å². The molecule has 0 aliphatic carbocycles. The van der Waals surface area contributed by atoms with Crippen LogP contribution in [0.5, 0.6) is 0 Å². The molecule has 3 aromatic rings. The first-order chi connectivity index (χ1) is 11.9. The fourth-order valence-corrected chi connectivity index (χ4v) is 3.31. The highest BCUT2D eigenvalue weighted by atomic mass is 35.5. The first-order valence-corrected chi connectivity index (χ1v) is 8.89. The smallest absolute Gasteiger partial charge is 0.0467 e. The van der Waals surface area contributed by atoms with Crippen molar-refractivity contribution >= 4 is 29.5 Å². The molecule has 0 aromatic heterocycles. The molecule has 136 valence electrons. The SMILES string of the molecule is Cc1cc(N(c2ccccc2)c2cc(C)c(C)c(C)c2)cc(C)c1C.Cl. The maximum absolute atomic E-state index is 2.36. The van der Waals surface area contributed by atoms with Gasteiger partial charge in [-0.3, -0.25) is 0 Å². The van der Waals surface area contributed by atoms with Gasteiger partial charge in [0, 0.05) is 17.1 Å². The molecule has 0 spiro atoms. The summed E-state index contributed by atoms with van der Waals surface area (Å²) in [7, 11) is 0. The van der Waals surface area contributed by atoms with Crippen molar-refractivity contribution in [3.63, 3.8) is 0 Å². The van der Waals surface area contributed by atoms with Gasteiger partial charge in [0.2, 0.25) is 0 Å². The second-order valence-electron chi connectivity index (χ2n) is 7.08. The van der Waals surface area contributed by atoms with E-state index in [4.69, 9.17) is 0 Å². The normalized spacial score (nSPS) is 10.4. The van der Waals surface area contributed by atoms with Gasteiger partial charge in [0.15, 0.2) is 0 Å². The van der Waals surface area contributed by atoms with Crippen molar-refractivity contribution in [2.24, 2.45) is 0 Å². The Bertz CT molecular complexity index is 809. The summed E-state index contributed by atoms with van der Waals surface area (Å²) in [6.45, 7) is 13.2. The second-order valence-corrected chi connectivity index (χ2v) is 7.08. The van der Waals surface area contributed by atoms with Crippen molar-refractivity contribution in [1.29, 1.82) is 0 Å². The molecule has 0 bridgehead atoms. The molecule has 3 aromatic carbocycles. The fraction of sp³-hybridized carbons (Fsp3) is 0.250. The molecule has 0 aliphatic heterocycles. The summed E-state index contributed by atoms with van der Waals surface area (Å²) in [6.07, 6.45) is 0. The molecule has 0 amide bonds. The van der Waals surface area contributed by atoms with E-state index < -0.39 is 0 Å². The number of anilines is 3. The van der Waals surface area contributed by atoms with Crippen LogP contribution in [0.15, 0.2) is 54.6 Å². The zero-order valence-corrected chi connectivity index (χ0v) is 17.4. The Hall–Kier alpha value is -2.25. The zero-order valence-electron chi connectivity index (χ0n) is 16.6. The number of halogens is 1. The molecule has 1 nitrogen and oxygen atoms in total. The third-order valence-electron chi connectivity index (χ3n) is 5.35. The van der Waals surface area contributed by atoms with Crippen molar-refractivity contribution in [2.45, 2.75) is 41.5 Å². The molecular weight excluding hydrogens is 338 g/mol. The van der Waals surface area contributed by atoms with Gasteiger partial charge >= 0.3 is 0 Å². The van der Waals surface area contributed by atoms with Crippen LogP contribution < -0.4 is 4.90 Å². The van der Waals surface area contributed by atoms with Crippen molar-refractivity contribution in [1.82, 2.24) is 0 Å². The quantitative estimate of drug-likeness (QED) is 0.466. The Kier molecular flexibility index (Phi) is 6.15. The number of benzene rings is 3. The minimum absolute atomic E-state index is 0. The standard InChI is InChI=1S/C24H27N.ClH/c1-16-12-23(13-17(2)20(16)5)25(22-10-8-7-9-11-22)24-14-18(3)21(6)19(4)15-24;/h7-15H,1-6H3;1H. The van der Waals surface area contributed by atoms with Crippen LogP contribution in [0.1, 0.15) is 33.4 Å². The predicted octanol–water partition coefficient (Wildman–Crippen LogP) is 7.43. The third-order valence-corrected chi connectivity index (χ3v) is 5.35. The molecule has 0 heterocycles. The highest BCUT2D eigenvalue weighted by molar-refractivity contribution is 5.85. The fourth-order valence-electron chi connectivity index (χ4n) is 3.31. The maximum atomic E-state index is 2.36. The number of rotatable bonds is 3. The molecule has 0 radical (unpaired) electrons. The van der Waals surface area contributed by atoms with Gasteiger partial charge in [-0.05, 0) is 111 Å². The molecule has 0 unspecified atom stereocenters. The van der Waals surface area contributed by atoms with E-state index >= 15 is 0 Å². The van der Waals surface area contributed by atoms with Gasteiger partial charge in [-0.1, -0.05) is 18.2 Å². The second kappa shape index (κ2) is 7.97. The molecule has 0 saturated carbocycles. The third kappa shape index (κ3) is 3.78. The van der Waals surface area contributed by atoms with Gasteiger partial charge < -0.3 is 4.90 Å². The van der Waals surface area contributed by atoms with Crippen LogP contribution in [0, 0.1) is 41.5 Å². The van der Waals surface area contributed by atoms with Crippen molar-refractivity contribution in [2.75, 3.05) is 4.90 Å². The molecule has 0 N–H and O–H groups in total. The van der Waals surface area contributed by atoms with Gasteiger partial charge in [-0.25, -0.2) is 0 Å². The summed E-state index contributed by atoms with van der Waals surface area (Å²) in [5.41, 5.74) is 11.7. The van der Waals surface area contributed by atoms with E-state index in [1.807, 2.05) is 0 Å². The van der Waals surface area contributed by atoms with Gasteiger partial charge in [0.25, 0.3) is 0 Å². The van der Waals surface area contributed by atoms with E-state index in [0.29, 0.717) is 0 Å². The highest BCUT2D eigenvalue weighted by Crippen LogP contribution is 2.37. The van der Waals surface area contributed by atoms with E-state index in [1.54, 1.807) is 0 Å². The average molecular weight is 366 g/mol. The summed E-state index contributed by atoms with van der Waals surface area (Å²) in [4.78, 5) is 2.36. The number of aryl methyl sites for hydroxylation is 4. The van der Waals surface area contributed by atoms with Crippen LogP contribution in [0.2, 0.25) is 0 Å². The summed E-state index contributed by atoms with van der Waals surface area (Å²) in [6, 6.07) is 19.8. The molecule has 0 aliphatic rings. The van der Waals surface area contributed by atoms with Gasteiger partial charge in [0.1, 0.15) is 0 Å². The summed E-state index contributed by atoms with van der Waals surface area (Å²) < 4.78 is 0. The Balaban J connectivity index is 0.00000243. The van der Waals surface area contributed by atoms with Crippen LogP contribution in [-0.2, 0) is 0 Å². The van der Waals surface area contributed by atoms with Crippen LogP contribution in [-0.4, -0.2) is 0 Å². The van der Waals surface area contributed by atoms with Gasteiger partial charge in [0.05, 0.1) is 0 Å². The van der Waals surface area contributed by atoms with Gasteiger partial charge in [-0.15, -0.1) is 12.4 Å². The highest BCUT2D eigenvalue weighted by Gasteiger charge is 2.15. The van der Waals surface area contributed by atoms with Crippen LogP contribution in [0.25, 0.3) is 0 Å². The zero-order chi connectivity index (χ0) is 18.1. The van der Waals surface area contributed by atoms with E-state index in [1.165, 1.54) is 50.4 Å². The van der Waals surface area contributed by atoms with Crippen molar-refractivity contribution < 1.29 is 0 Å². The Labute approximate surface area is 164 Å². The van der Waals surface area contributed by atoms with Gasteiger partial charge in [-0.2, -0.15) is 0 Å². The monoisotopic (exact) mass is 365 g/mol. The molecule has 0 atom stereocenters. The van der Waals surface area contributed by atoms with Crippen LogP contribution >= 0.6 is 12.4 Å². The van der Waals surface area contributed by atoms with Crippen LogP contribution in [0.3, 0.4) is 0 Å². The lowest BCUT2D eigenvalue weighted by molar-refractivity contribution is 1.19. The first kappa shape index (κ1) is 20.1. The topological polar surface area (TPSA) is 3.24 Å². The molecular formula is C24H28ClN. The largest absolute Gasteiger partial charge is 0.310 e. The summed E-state index contributed by atoms with van der Waals surface area (Å²) in [5, 5.41) is 0. The van der Waals surface area contributed by atoms with Crippen molar-refractivity contribution in [3.8, 4) is 0 Å². The van der Waals surface area contributed by atoms with E-state index in [9.17, 15) is 0 Å².